The highest BCUT2D eigenvalue weighted by Crippen LogP contribution is 2.31. The molecule has 0 amide bonds. The number of nitriles is 1. The number of ether oxygens (including phenoxy) is 1. The summed E-state index contributed by atoms with van der Waals surface area (Å²) in [5, 5.41) is 18.0. The van der Waals surface area contributed by atoms with Gasteiger partial charge in [-0.1, -0.05) is 18.2 Å². The first kappa shape index (κ1) is 12.4. The lowest BCUT2D eigenvalue weighted by Gasteiger charge is -2.15. The molecule has 0 saturated carbocycles. The number of aliphatic hydroxyl groups excluding tert-OH is 1. The lowest BCUT2D eigenvalue weighted by atomic mass is 10.0. The number of para-hydroxylation sites is 1. The van der Waals surface area contributed by atoms with E-state index in [4.69, 9.17) is 5.26 Å². The number of nitrogens with zero attached hydrogens (tertiary/aromatic N) is 1. The van der Waals surface area contributed by atoms with E-state index >= 15 is 0 Å². The highest BCUT2D eigenvalue weighted by molar-refractivity contribution is 5.42. The van der Waals surface area contributed by atoms with Crippen molar-refractivity contribution in [2.75, 3.05) is 0 Å². The van der Waals surface area contributed by atoms with Gasteiger partial charge in [0.25, 0.3) is 0 Å². The van der Waals surface area contributed by atoms with Gasteiger partial charge in [-0.2, -0.15) is 14.0 Å². The number of aryl methyl sites for hydroxylation is 1. The molecule has 16 heavy (non-hydrogen) atoms. The summed E-state index contributed by atoms with van der Waals surface area (Å²) >= 11 is 0. The first-order valence-electron chi connectivity index (χ1n) is 4.65. The third-order valence-corrected chi connectivity index (χ3v) is 2.09. The van der Waals surface area contributed by atoms with Crippen molar-refractivity contribution in [1.82, 2.24) is 0 Å². The molecule has 0 saturated heterocycles. The summed E-state index contributed by atoms with van der Waals surface area (Å²) < 4.78 is 28.7. The fourth-order valence-electron chi connectivity index (χ4n) is 1.38. The summed E-state index contributed by atoms with van der Waals surface area (Å²) in [7, 11) is 0. The Morgan fingerprint density at radius 2 is 2.19 bits per heavy atom. The fraction of sp³-hybridized carbons (Fsp3) is 0.364. The molecule has 0 fully saturated rings. The number of hydrogen-bond donors (Lipinski definition) is 1. The minimum Gasteiger partial charge on any atom is -0.434 e. The van der Waals surface area contributed by atoms with E-state index in [1.807, 2.05) is 0 Å². The van der Waals surface area contributed by atoms with Crippen LogP contribution in [-0.2, 0) is 0 Å². The molecule has 1 rings (SSSR count). The third kappa shape index (κ3) is 2.91. The average Bonchev–Trinajstić information content (AvgIpc) is 2.20. The summed E-state index contributed by atoms with van der Waals surface area (Å²) in [5.41, 5.74) is 0.705. The minimum atomic E-state index is -2.95. The van der Waals surface area contributed by atoms with Gasteiger partial charge in [0, 0.05) is 5.56 Å². The quantitative estimate of drug-likeness (QED) is 0.859. The van der Waals surface area contributed by atoms with Crippen LogP contribution in [0.25, 0.3) is 0 Å². The first-order chi connectivity index (χ1) is 7.56. The third-order valence-electron chi connectivity index (χ3n) is 2.09. The molecule has 0 spiro atoms. The second-order valence-electron chi connectivity index (χ2n) is 3.25. The Morgan fingerprint density at radius 3 is 2.75 bits per heavy atom. The zero-order valence-electron chi connectivity index (χ0n) is 8.65. The van der Waals surface area contributed by atoms with Crippen molar-refractivity contribution in [2.45, 2.75) is 26.1 Å². The van der Waals surface area contributed by atoms with Crippen LogP contribution in [0.5, 0.6) is 5.75 Å². The van der Waals surface area contributed by atoms with Crippen LogP contribution >= 0.6 is 0 Å². The van der Waals surface area contributed by atoms with Gasteiger partial charge < -0.3 is 9.84 Å². The molecule has 1 unspecified atom stereocenters. The Kier molecular flexibility index (Phi) is 4.20. The van der Waals surface area contributed by atoms with E-state index in [1.54, 1.807) is 25.1 Å². The summed E-state index contributed by atoms with van der Waals surface area (Å²) in [6, 6.07) is 6.45. The molecule has 3 nitrogen and oxygen atoms in total. The Hall–Kier alpha value is -1.67. The largest absolute Gasteiger partial charge is 0.434 e. The van der Waals surface area contributed by atoms with Gasteiger partial charge >= 0.3 is 6.61 Å². The van der Waals surface area contributed by atoms with Crippen LogP contribution in [-0.4, -0.2) is 11.7 Å². The SMILES string of the molecule is Cc1cccc(C(O)CC#N)c1OC(F)F. The van der Waals surface area contributed by atoms with Crippen LogP contribution in [0.3, 0.4) is 0 Å². The second kappa shape index (κ2) is 5.42. The highest BCUT2D eigenvalue weighted by atomic mass is 19.3. The number of halogens is 2. The molecule has 1 atom stereocenters. The minimum absolute atomic E-state index is 0.0553. The van der Waals surface area contributed by atoms with Gasteiger partial charge in [-0.25, -0.2) is 0 Å². The van der Waals surface area contributed by atoms with E-state index in [0.29, 0.717) is 5.56 Å². The molecule has 5 heteroatoms. The van der Waals surface area contributed by atoms with Crippen molar-refractivity contribution in [2.24, 2.45) is 0 Å². The van der Waals surface area contributed by atoms with Crippen LogP contribution in [0.2, 0.25) is 0 Å². The molecule has 0 bridgehead atoms. The Morgan fingerprint density at radius 1 is 1.50 bits per heavy atom. The maximum Gasteiger partial charge on any atom is 0.387 e. The number of alkyl halides is 2. The van der Waals surface area contributed by atoms with Gasteiger partial charge in [-0.3, -0.25) is 0 Å². The van der Waals surface area contributed by atoms with E-state index < -0.39 is 12.7 Å². The lowest BCUT2D eigenvalue weighted by molar-refractivity contribution is -0.0519. The predicted molar refractivity (Wildman–Crippen MR) is 53.0 cm³/mol. The Labute approximate surface area is 91.9 Å². The van der Waals surface area contributed by atoms with E-state index in [2.05, 4.69) is 4.74 Å². The van der Waals surface area contributed by atoms with E-state index in [9.17, 15) is 13.9 Å². The molecule has 0 aliphatic rings. The van der Waals surface area contributed by atoms with Crippen molar-refractivity contribution in [3.05, 3.63) is 29.3 Å². The molecule has 0 heterocycles. The maximum atomic E-state index is 12.2. The fourth-order valence-corrected chi connectivity index (χ4v) is 1.38. The van der Waals surface area contributed by atoms with Crippen LogP contribution in [0.4, 0.5) is 8.78 Å². The summed E-state index contributed by atoms with van der Waals surface area (Å²) in [6.45, 7) is -1.35. The molecular weight excluding hydrogens is 216 g/mol. The lowest BCUT2D eigenvalue weighted by Crippen LogP contribution is -2.08. The molecule has 1 aromatic rings. The Balaban J connectivity index is 3.07. The summed E-state index contributed by atoms with van der Waals surface area (Å²) in [6.07, 6.45) is -1.28. The zero-order valence-corrected chi connectivity index (χ0v) is 8.65. The van der Waals surface area contributed by atoms with E-state index in [0.717, 1.165) is 0 Å². The number of hydrogen-bond acceptors (Lipinski definition) is 3. The van der Waals surface area contributed by atoms with Gasteiger partial charge in [0.15, 0.2) is 0 Å². The van der Waals surface area contributed by atoms with Crippen LogP contribution in [0.15, 0.2) is 18.2 Å². The highest BCUT2D eigenvalue weighted by Gasteiger charge is 2.17. The van der Waals surface area contributed by atoms with Crippen molar-refractivity contribution in [1.29, 1.82) is 5.26 Å². The monoisotopic (exact) mass is 227 g/mol. The van der Waals surface area contributed by atoms with Crippen molar-refractivity contribution in [3.8, 4) is 11.8 Å². The van der Waals surface area contributed by atoms with Gasteiger partial charge in [0.05, 0.1) is 18.6 Å². The number of rotatable bonds is 4. The van der Waals surface area contributed by atoms with E-state index in [1.165, 1.54) is 6.07 Å². The molecule has 0 aliphatic heterocycles. The molecule has 0 radical (unpaired) electrons. The van der Waals surface area contributed by atoms with Gasteiger partial charge in [-0.05, 0) is 12.5 Å². The van der Waals surface area contributed by atoms with Gasteiger partial charge in [-0.15, -0.1) is 0 Å². The normalized spacial score (nSPS) is 12.2. The van der Waals surface area contributed by atoms with Crippen molar-refractivity contribution < 1.29 is 18.6 Å². The second-order valence-corrected chi connectivity index (χ2v) is 3.25. The molecule has 1 N–H and O–H groups in total. The van der Waals surface area contributed by atoms with Crippen molar-refractivity contribution in [3.63, 3.8) is 0 Å². The smallest absolute Gasteiger partial charge is 0.387 e. The van der Waals surface area contributed by atoms with Crippen molar-refractivity contribution >= 4 is 0 Å². The van der Waals surface area contributed by atoms with Gasteiger partial charge in [0.2, 0.25) is 0 Å². The van der Waals surface area contributed by atoms with Gasteiger partial charge in [0.1, 0.15) is 5.75 Å². The molecule has 86 valence electrons. The molecule has 0 aliphatic carbocycles. The standard InChI is InChI=1S/C11H11F2NO2/c1-7-3-2-4-8(9(15)5-6-14)10(7)16-11(12)13/h2-4,9,11,15H,5H2,1H3. The Bertz CT molecular complexity index is 401. The van der Waals surface area contributed by atoms with Crippen LogP contribution < -0.4 is 4.74 Å². The average molecular weight is 227 g/mol. The predicted octanol–water partition coefficient (Wildman–Crippen LogP) is 2.54. The zero-order chi connectivity index (χ0) is 12.1. The topological polar surface area (TPSA) is 53.2 Å². The number of benzene rings is 1. The first-order valence-corrected chi connectivity index (χ1v) is 4.65. The number of aliphatic hydroxyl groups is 1. The molecule has 0 aromatic heterocycles. The summed E-state index contributed by atoms with van der Waals surface area (Å²) in [5.74, 6) is -0.0553. The van der Waals surface area contributed by atoms with E-state index in [-0.39, 0.29) is 17.7 Å². The van der Waals surface area contributed by atoms with Crippen LogP contribution in [0, 0.1) is 18.3 Å². The molecule has 1 aromatic carbocycles. The molecular formula is C11H11F2NO2. The summed E-state index contributed by atoms with van der Waals surface area (Å²) in [4.78, 5) is 0. The van der Waals surface area contributed by atoms with Crippen LogP contribution in [0.1, 0.15) is 23.7 Å². The maximum absolute atomic E-state index is 12.2.